The smallest absolute Gasteiger partial charge is 0.339 e. The van der Waals surface area contributed by atoms with Crippen molar-refractivity contribution in [3.05, 3.63) is 34.9 Å². The highest BCUT2D eigenvalue weighted by atomic mass is 16.5. The van der Waals surface area contributed by atoms with E-state index < -0.39 is 5.97 Å². The summed E-state index contributed by atoms with van der Waals surface area (Å²) < 4.78 is 4.72. The Balaban J connectivity index is 3.39. The fourth-order valence-corrected chi connectivity index (χ4v) is 1.60. The standard InChI is InChI=1S/C14H16O3/c1-10(2)11-6-4-7-13(14(16)17-3)12(11)8-5-9-15/h4,6-7,10,15H,9H2,1-3H3. The van der Waals surface area contributed by atoms with Gasteiger partial charge in [-0.25, -0.2) is 4.79 Å². The van der Waals surface area contributed by atoms with Crippen LogP contribution in [-0.2, 0) is 4.74 Å². The molecular formula is C14H16O3. The average Bonchev–Trinajstić information content (AvgIpc) is 2.34. The summed E-state index contributed by atoms with van der Waals surface area (Å²) in [6, 6.07) is 5.42. The van der Waals surface area contributed by atoms with Gasteiger partial charge in [0.25, 0.3) is 0 Å². The third-order valence-corrected chi connectivity index (χ3v) is 2.42. The monoisotopic (exact) mass is 232 g/mol. The molecule has 0 amide bonds. The number of aliphatic hydroxyl groups excluding tert-OH is 1. The van der Waals surface area contributed by atoms with Crippen LogP contribution in [0, 0.1) is 11.8 Å². The van der Waals surface area contributed by atoms with Crippen molar-refractivity contribution in [1.29, 1.82) is 0 Å². The Kier molecular flexibility index (Phi) is 4.74. The van der Waals surface area contributed by atoms with Gasteiger partial charge in [-0.15, -0.1) is 0 Å². The van der Waals surface area contributed by atoms with Gasteiger partial charge in [0.1, 0.15) is 6.61 Å². The molecule has 3 nitrogen and oxygen atoms in total. The van der Waals surface area contributed by atoms with Crippen molar-refractivity contribution in [3.8, 4) is 11.8 Å². The first kappa shape index (κ1) is 13.3. The first-order valence-corrected chi connectivity index (χ1v) is 5.42. The van der Waals surface area contributed by atoms with Gasteiger partial charge in [-0.3, -0.25) is 0 Å². The molecule has 1 N–H and O–H groups in total. The third kappa shape index (κ3) is 3.08. The minimum absolute atomic E-state index is 0.229. The number of aliphatic hydroxyl groups is 1. The number of methoxy groups -OCH3 is 1. The first-order chi connectivity index (χ1) is 8.11. The molecule has 1 aromatic rings. The lowest BCUT2D eigenvalue weighted by molar-refractivity contribution is 0.0600. The Bertz CT molecular complexity index is 464. The van der Waals surface area contributed by atoms with Crippen molar-refractivity contribution < 1.29 is 14.6 Å². The first-order valence-electron chi connectivity index (χ1n) is 5.42. The Labute approximate surface area is 101 Å². The Hall–Kier alpha value is -1.79. The fraction of sp³-hybridized carbons (Fsp3) is 0.357. The second kappa shape index (κ2) is 6.07. The summed E-state index contributed by atoms with van der Waals surface area (Å²) >= 11 is 0. The summed E-state index contributed by atoms with van der Waals surface area (Å²) in [5.41, 5.74) is 2.07. The maximum atomic E-state index is 11.6. The van der Waals surface area contributed by atoms with E-state index in [0.717, 1.165) is 5.56 Å². The zero-order valence-electron chi connectivity index (χ0n) is 10.3. The molecule has 0 aliphatic carbocycles. The fourth-order valence-electron chi connectivity index (χ4n) is 1.60. The molecule has 0 aliphatic rings. The van der Waals surface area contributed by atoms with E-state index in [2.05, 4.69) is 11.8 Å². The van der Waals surface area contributed by atoms with Crippen molar-refractivity contribution in [2.45, 2.75) is 19.8 Å². The lowest BCUT2D eigenvalue weighted by atomic mass is 9.93. The Morgan fingerprint density at radius 1 is 1.47 bits per heavy atom. The Morgan fingerprint density at radius 2 is 2.18 bits per heavy atom. The van der Waals surface area contributed by atoms with Crippen LogP contribution in [0.1, 0.15) is 41.3 Å². The molecule has 90 valence electrons. The minimum atomic E-state index is -0.408. The van der Waals surface area contributed by atoms with Crippen LogP contribution in [0.3, 0.4) is 0 Å². The molecule has 0 fully saturated rings. The molecule has 0 saturated carbocycles. The van der Waals surface area contributed by atoms with Gasteiger partial charge in [0.15, 0.2) is 0 Å². The highest BCUT2D eigenvalue weighted by Crippen LogP contribution is 2.22. The van der Waals surface area contributed by atoms with Crippen LogP contribution in [-0.4, -0.2) is 24.8 Å². The van der Waals surface area contributed by atoms with E-state index in [9.17, 15) is 4.79 Å². The lowest BCUT2D eigenvalue weighted by Crippen LogP contribution is -2.07. The summed E-state index contributed by atoms with van der Waals surface area (Å²) in [6.45, 7) is 3.83. The zero-order chi connectivity index (χ0) is 12.8. The predicted molar refractivity (Wildman–Crippen MR) is 65.8 cm³/mol. The summed E-state index contributed by atoms with van der Waals surface area (Å²) in [5, 5.41) is 8.75. The molecule has 0 atom stereocenters. The van der Waals surface area contributed by atoms with Gasteiger partial charge in [-0.2, -0.15) is 0 Å². The van der Waals surface area contributed by atoms with Crippen LogP contribution in [0.15, 0.2) is 18.2 Å². The molecule has 0 spiro atoms. The van der Waals surface area contributed by atoms with E-state index in [-0.39, 0.29) is 12.5 Å². The van der Waals surface area contributed by atoms with Crippen LogP contribution >= 0.6 is 0 Å². The molecule has 1 rings (SSSR count). The van der Waals surface area contributed by atoms with Gasteiger partial charge in [0.2, 0.25) is 0 Å². The number of carbonyl (C=O) groups is 1. The molecule has 0 aromatic heterocycles. The van der Waals surface area contributed by atoms with Crippen LogP contribution in [0.5, 0.6) is 0 Å². The maximum absolute atomic E-state index is 11.6. The van der Waals surface area contributed by atoms with E-state index in [0.29, 0.717) is 11.1 Å². The van der Waals surface area contributed by atoms with Crippen molar-refractivity contribution in [2.24, 2.45) is 0 Å². The van der Waals surface area contributed by atoms with Gasteiger partial charge in [-0.05, 0) is 17.5 Å². The quantitative estimate of drug-likeness (QED) is 0.626. The number of benzene rings is 1. The molecule has 0 aliphatic heterocycles. The van der Waals surface area contributed by atoms with E-state index in [1.165, 1.54) is 7.11 Å². The van der Waals surface area contributed by atoms with Crippen LogP contribution in [0.4, 0.5) is 0 Å². The number of esters is 1. The third-order valence-electron chi connectivity index (χ3n) is 2.42. The van der Waals surface area contributed by atoms with Crippen molar-refractivity contribution >= 4 is 5.97 Å². The molecule has 0 radical (unpaired) electrons. The van der Waals surface area contributed by atoms with Gasteiger partial charge < -0.3 is 9.84 Å². The van der Waals surface area contributed by atoms with Gasteiger partial charge in [0, 0.05) is 5.56 Å². The number of ether oxygens (including phenoxy) is 1. The van der Waals surface area contributed by atoms with Gasteiger partial charge >= 0.3 is 5.97 Å². The largest absolute Gasteiger partial charge is 0.465 e. The summed E-state index contributed by atoms with van der Waals surface area (Å²) in [4.78, 5) is 11.6. The SMILES string of the molecule is COC(=O)c1cccc(C(C)C)c1C#CCO. The summed E-state index contributed by atoms with van der Waals surface area (Å²) in [6.07, 6.45) is 0. The van der Waals surface area contributed by atoms with Crippen molar-refractivity contribution in [2.75, 3.05) is 13.7 Å². The van der Waals surface area contributed by atoms with Crippen molar-refractivity contribution in [1.82, 2.24) is 0 Å². The molecular weight excluding hydrogens is 216 g/mol. The topological polar surface area (TPSA) is 46.5 Å². The number of carbonyl (C=O) groups excluding carboxylic acids is 1. The summed E-state index contributed by atoms with van der Waals surface area (Å²) in [5.74, 6) is 5.25. The van der Waals surface area contributed by atoms with Crippen LogP contribution in [0.25, 0.3) is 0 Å². The molecule has 17 heavy (non-hydrogen) atoms. The molecule has 1 aromatic carbocycles. The van der Waals surface area contributed by atoms with E-state index in [4.69, 9.17) is 9.84 Å². The normalized spacial score (nSPS) is 9.71. The lowest BCUT2D eigenvalue weighted by Gasteiger charge is -2.11. The molecule has 3 heteroatoms. The molecule has 0 heterocycles. The Morgan fingerprint density at radius 3 is 2.71 bits per heavy atom. The number of hydrogen-bond acceptors (Lipinski definition) is 3. The van der Waals surface area contributed by atoms with Gasteiger partial charge in [0.05, 0.1) is 12.7 Å². The zero-order valence-corrected chi connectivity index (χ0v) is 10.3. The average molecular weight is 232 g/mol. The van der Waals surface area contributed by atoms with E-state index in [1.54, 1.807) is 6.07 Å². The molecule has 0 unspecified atom stereocenters. The molecule has 0 saturated heterocycles. The van der Waals surface area contributed by atoms with Crippen molar-refractivity contribution in [3.63, 3.8) is 0 Å². The number of rotatable bonds is 2. The van der Waals surface area contributed by atoms with E-state index in [1.807, 2.05) is 26.0 Å². The van der Waals surface area contributed by atoms with E-state index >= 15 is 0 Å². The highest BCUT2D eigenvalue weighted by Gasteiger charge is 2.15. The molecule has 0 bridgehead atoms. The predicted octanol–water partition coefficient (Wildman–Crippen LogP) is 1.94. The second-order valence-electron chi connectivity index (χ2n) is 3.88. The van der Waals surface area contributed by atoms with Crippen LogP contribution in [0.2, 0.25) is 0 Å². The maximum Gasteiger partial charge on any atom is 0.339 e. The van der Waals surface area contributed by atoms with Gasteiger partial charge in [-0.1, -0.05) is 37.8 Å². The highest BCUT2D eigenvalue weighted by molar-refractivity contribution is 5.92. The second-order valence-corrected chi connectivity index (χ2v) is 3.88. The minimum Gasteiger partial charge on any atom is -0.465 e. The van der Waals surface area contributed by atoms with Crippen LogP contribution < -0.4 is 0 Å². The summed E-state index contributed by atoms with van der Waals surface area (Å²) in [7, 11) is 1.34. The number of hydrogen-bond donors (Lipinski definition) is 1.